The first-order valence-corrected chi connectivity index (χ1v) is 11.8. The molecule has 0 amide bonds. The average molecular weight is 461 g/mol. The number of hydrogen-bond donors (Lipinski definition) is 2. The topological polar surface area (TPSA) is 119 Å². The number of hydrogen-bond acceptors (Lipinski definition) is 8. The zero-order valence-electron chi connectivity index (χ0n) is 17.9. The van der Waals surface area contributed by atoms with E-state index in [4.69, 9.17) is 4.74 Å². The van der Waals surface area contributed by atoms with E-state index in [1.165, 1.54) is 12.7 Å². The SMILES string of the molecule is Cc1cc(Nc2ncnc3ccc(C#CCNS(C)(=O)=O)cc23)ccc1Oc1cncnc1. The monoisotopic (exact) mass is 460 g/mol. The molecule has 2 aromatic heterocycles. The van der Waals surface area contributed by atoms with Gasteiger partial charge in [-0.1, -0.05) is 11.8 Å². The van der Waals surface area contributed by atoms with E-state index >= 15 is 0 Å². The number of nitrogens with zero attached hydrogens (tertiary/aromatic N) is 4. The number of ether oxygens (including phenoxy) is 1. The van der Waals surface area contributed by atoms with Crippen molar-refractivity contribution in [1.82, 2.24) is 24.7 Å². The van der Waals surface area contributed by atoms with Crippen LogP contribution in [0.25, 0.3) is 10.9 Å². The Hall–Kier alpha value is -4.07. The van der Waals surface area contributed by atoms with Gasteiger partial charge in [0.25, 0.3) is 0 Å². The summed E-state index contributed by atoms with van der Waals surface area (Å²) in [5.41, 5.74) is 3.24. The number of benzene rings is 2. The largest absolute Gasteiger partial charge is 0.454 e. The number of nitrogens with one attached hydrogen (secondary N) is 2. The molecule has 0 saturated carbocycles. The van der Waals surface area contributed by atoms with E-state index in [1.807, 2.05) is 43.3 Å². The number of aromatic nitrogens is 4. The molecule has 0 aliphatic rings. The normalized spacial score (nSPS) is 11.0. The Kier molecular flexibility index (Phi) is 6.44. The molecule has 0 radical (unpaired) electrons. The number of fused-ring (bicyclic) bond motifs is 1. The zero-order valence-corrected chi connectivity index (χ0v) is 18.7. The molecule has 166 valence electrons. The first-order valence-electron chi connectivity index (χ1n) is 9.86. The van der Waals surface area contributed by atoms with Gasteiger partial charge in [0.1, 0.15) is 24.2 Å². The average Bonchev–Trinajstić information content (AvgIpc) is 2.79. The van der Waals surface area contributed by atoms with Crippen molar-refractivity contribution in [2.75, 3.05) is 18.1 Å². The van der Waals surface area contributed by atoms with Crippen molar-refractivity contribution >= 4 is 32.4 Å². The molecular formula is C23H20N6O3S. The Labute approximate surface area is 191 Å². The van der Waals surface area contributed by atoms with Crippen molar-refractivity contribution in [3.8, 4) is 23.3 Å². The Morgan fingerprint density at radius 1 is 1.03 bits per heavy atom. The highest BCUT2D eigenvalue weighted by Crippen LogP contribution is 2.29. The van der Waals surface area contributed by atoms with E-state index in [0.717, 1.165) is 34.0 Å². The molecule has 0 atom stereocenters. The molecule has 10 heteroatoms. The molecule has 0 aliphatic heterocycles. The van der Waals surface area contributed by atoms with Crippen molar-refractivity contribution in [2.24, 2.45) is 0 Å². The summed E-state index contributed by atoms with van der Waals surface area (Å²) in [5.74, 6) is 7.64. The van der Waals surface area contributed by atoms with Crippen LogP contribution in [0, 0.1) is 18.8 Å². The zero-order chi connectivity index (χ0) is 23.3. The Bertz CT molecular complexity index is 1460. The van der Waals surface area contributed by atoms with Crippen molar-refractivity contribution in [3.63, 3.8) is 0 Å². The van der Waals surface area contributed by atoms with Gasteiger partial charge < -0.3 is 10.1 Å². The van der Waals surface area contributed by atoms with Crippen LogP contribution in [0.4, 0.5) is 11.5 Å². The maximum absolute atomic E-state index is 11.2. The van der Waals surface area contributed by atoms with E-state index in [1.54, 1.807) is 12.4 Å². The first-order chi connectivity index (χ1) is 15.9. The summed E-state index contributed by atoms with van der Waals surface area (Å²) in [5, 5.41) is 4.11. The fourth-order valence-electron chi connectivity index (χ4n) is 2.99. The minimum atomic E-state index is -3.28. The predicted octanol–water partition coefficient (Wildman–Crippen LogP) is 3.16. The second-order valence-electron chi connectivity index (χ2n) is 7.13. The molecule has 2 N–H and O–H groups in total. The minimum Gasteiger partial charge on any atom is -0.454 e. The number of anilines is 2. The molecular weight excluding hydrogens is 440 g/mol. The van der Waals surface area contributed by atoms with Crippen molar-refractivity contribution in [3.05, 3.63) is 72.6 Å². The molecule has 9 nitrogen and oxygen atoms in total. The van der Waals surface area contributed by atoms with Crippen LogP contribution >= 0.6 is 0 Å². The van der Waals surface area contributed by atoms with Gasteiger partial charge in [-0.25, -0.2) is 33.1 Å². The van der Waals surface area contributed by atoms with Crippen LogP contribution in [0.3, 0.4) is 0 Å². The summed E-state index contributed by atoms with van der Waals surface area (Å²) in [6, 6.07) is 11.2. The Morgan fingerprint density at radius 3 is 2.61 bits per heavy atom. The summed E-state index contributed by atoms with van der Waals surface area (Å²) in [6.07, 6.45) is 7.23. The second kappa shape index (κ2) is 9.60. The van der Waals surface area contributed by atoms with Gasteiger partial charge in [0.05, 0.1) is 30.7 Å². The van der Waals surface area contributed by atoms with E-state index < -0.39 is 10.0 Å². The summed E-state index contributed by atoms with van der Waals surface area (Å²) < 4.78 is 30.5. The lowest BCUT2D eigenvalue weighted by Gasteiger charge is -2.12. The third kappa shape index (κ3) is 6.00. The Morgan fingerprint density at radius 2 is 1.85 bits per heavy atom. The molecule has 2 aromatic carbocycles. The molecule has 33 heavy (non-hydrogen) atoms. The van der Waals surface area contributed by atoms with E-state index in [0.29, 0.717) is 17.3 Å². The summed E-state index contributed by atoms with van der Waals surface area (Å²) in [7, 11) is -3.28. The van der Waals surface area contributed by atoms with Gasteiger partial charge >= 0.3 is 0 Å². The lowest BCUT2D eigenvalue weighted by molar-refractivity contribution is 0.474. The molecule has 0 bridgehead atoms. The van der Waals surface area contributed by atoms with E-state index in [-0.39, 0.29) is 6.54 Å². The van der Waals surface area contributed by atoms with Gasteiger partial charge in [0, 0.05) is 16.6 Å². The molecule has 0 fully saturated rings. The van der Waals surface area contributed by atoms with Crippen LogP contribution in [0.2, 0.25) is 0 Å². The predicted molar refractivity (Wildman–Crippen MR) is 126 cm³/mol. The molecule has 0 unspecified atom stereocenters. The highest BCUT2D eigenvalue weighted by Gasteiger charge is 2.08. The summed E-state index contributed by atoms with van der Waals surface area (Å²) >= 11 is 0. The van der Waals surface area contributed by atoms with Crippen molar-refractivity contribution < 1.29 is 13.2 Å². The highest BCUT2D eigenvalue weighted by molar-refractivity contribution is 7.88. The fraction of sp³-hybridized carbons (Fsp3) is 0.130. The number of aryl methyl sites for hydroxylation is 1. The smallest absolute Gasteiger partial charge is 0.209 e. The van der Waals surface area contributed by atoms with Crippen LogP contribution < -0.4 is 14.8 Å². The van der Waals surface area contributed by atoms with Crippen LogP contribution in [0.1, 0.15) is 11.1 Å². The van der Waals surface area contributed by atoms with Gasteiger partial charge in [-0.05, 0) is 48.9 Å². The molecule has 4 aromatic rings. The lowest BCUT2D eigenvalue weighted by Crippen LogP contribution is -2.21. The van der Waals surface area contributed by atoms with E-state index in [2.05, 4.69) is 41.8 Å². The van der Waals surface area contributed by atoms with Gasteiger partial charge in [0.2, 0.25) is 10.0 Å². The first kappa shape index (κ1) is 22.1. The molecule has 0 spiro atoms. The lowest BCUT2D eigenvalue weighted by atomic mass is 10.1. The Balaban J connectivity index is 1.55. The number of rotatable bonds is 6. The molecule has 2 heterocycles. The maximum Gasteiger partial charge on any atom is 0.209 e. The number of sulfonamides is 1. The molecule has 0 saturated heterocycles. The molecule has 0 aliphatic carbocycles. The third-order valence-electron chi connectivity index (χ3n) is 4.49. The van der Waals surface area contributed by atoms with Crippen LogP contribution in [-0.2, 0) is 10.0 Å². The third-order valence-corrected chi connectivity index (χ3v) is 5.16. The standard InChI is InChI=1S/C23H20N6O3S/c1-16-10-18(6-8-22(16)32-19-12-24-14-25-13-19)29-23-20-11-17(4-3-9-28-33(2,30)31)5-7-21(20)26-15-27-23/h5-8,10-15,28H,9H2,1-2H3,(H,26,27,29). The van der Waals surface area contributed by atoms with Crippen molar-refractivity contribution in [1.29, 1.82) is 0 Å². The van der Waals surface area contributed by atoms with Crippen LogP contribution in [-0.4, -0.2) is 41.2 Å². The summed E-state index contributed by atoms with van der Waals surface area (Å²) in [4.78, 5) is 16.6. The van der Waals surface area contributed by atoms with Crippen molar-refractivity contribution in [2.45, 2.75) is 6.92 Å². The molecule has 4 rings (SSSR count). The summed E-state index contributed by atoms with van der Waals surface area (Å²) in [6.45, 7) is 1.98. The van der Waals surface area contributed by atoms with Gasteiger partial charge in [-0.3, -0.25) is 0 Å². The highest BCUT2D eigenvalue weighted by atomic mass is 32.2. The minimum absolute atomic E-state index is 0.0378. The quantitative estimate of drug-likeness (QED) is 0.421. The van der Waals surface area contributed by atoms with Crippen LogP contribution in [0.5, 0.6) is 11.5 Å². The van der Waals surface area contributed by atoms with Gasteiger partial charge in [-0.15, -0.1) is 0 Å². The van der Waals surface area contributed by atoms with Gasteiger partial charge in [0.15, 0.2) is 5.75 Å². The van der Waals surface area contributed by atoms with Crippen LogP contribution in [0.15, 0.2) is 61.4 Å². The van der Waals surface area contributed by atoms with E-state index in [9.17, 15) is 8.42 Å². The fourth-order valence-corrected chi connectivity index (χ4v) is 3.33. The second-order valence-corrected chi connectivity index (χ2v) is 8.96. The van der Waals surface area contributed by atoms with Gasteiger partial charge in [-0.2, -0.15) is 0 Å². The maximum atomic E-state index is 11.2.